The number of carboxylic acids is 1. The van der Waals surface area contributed by atoms with Crippen molar-refractivity contribution in [3.63, 3.8) is 0 Å². The number of hydrogen-bond donors (Lipinski definition) is 2. The van der Waals surface area contributed by atoms with Crippen LogP contribution >= 0.6 is 15.9 Å². The largest absolute Gasteiger partial charge is 0.480 e. The van der Waals surface area contributed by atoms with Crippen LogP contribution < -0.4 is 5.32 Å². The van der Waals surface area contributed by atoms with Crippen molar-refractivity contribution < 1.29 is 9.90 Å². The summed E-state index contributed by atoms with van der Waals surface area (Å²) in [5, 5.41) is 12.2. The summed E-state index contributed by atoms with van der Waals surface area (Å²) in [6.07, 6.45) is 2.63. The van der Waals surface area contributed by atoms with E-state index < -0.39 is 12.0 Å². The smallest absolute Gasteiger partial charge is 0.320 e. The summed E-state index contributed by atoms with van der Waals surface area (Å²) in [5.74, 6) is -0.766. The second-order valence-corrected chi connectivity index (χ2v) is 5.35. The van der Waals surface area contributed by atoms with E-state index in [0.717, 1.165) is 28.4 Å². The molecule has 3 nitrogen and oxygen atoms in total. The molecule has 2 N–H and O–H groups in total. The maximum atomic E-state index is 11.1. The first-order chi connectivity index (χ1) is 8.54. The lowest BCUT2D eigenvalue weighted by molar-refractivity contribution is -0.139. The average Bonchev–Trinajstić information content (AvgIpc) is 2.33. The number of aliphatic carboxylic acids is 1. The van der Waals surface area contributed by atoms with Crippen molar-refractivity contribution in [3.8, 4) is 0 Å². The fourth-order valence-corrected chi connectivity index (χ4v) is 2.03. The Bertz CT molecular complexity index is 407. The molecular weight excluding hydrogens is 294 g/mol. The second kappa shape index (κ2) is 7.54. The van der Waals surface area contributed by atoms with Crippen molar-refractivity contribution in [1.82, 2.24) is 5.32 Å². The third-order valence-electron chi connectivity index (χ3n) is 2.92. The van der Waals surface area contributed by atoms with Gasteiger partial charge in [0.15, 0.2) is 0 Å². The Morgan fingerprint density at radius 2 is 2.22 bits per heavy atom. The van der Waals surface area contributed by atoms with Crippen molar-refractivity contribution in [1.29, 1.82) is 0 Å². The summed E-state index contributed by atoms with van der Waals surface area (Å²) in [4.78, 5) is 11.1. The summed E-state index contributed by atoms with van der Waals surface area (Å²) in [7, 11) is 0. The molecule has 0 aliphatic rings. The molecule has 0 aliphatic heterocycles. The molecule has 18 heavy (non-hydrogen) atoms. The highest BCUT2D eigenvalue weighted by atomic mass is 79.9. The van der Waals surface area contributed by atoms with Crippen LogP contribution in [0.25, 0.3) is 0 Å². The summed E-state index contributed by atoms with van der Waals surface area (Å²) in [6, 6.07) is 5.61. The summed E-state index contributed by atoms with van der Waals surface area (Å²) in [6.45, 7) is 4.69. The molecule has 0 radical (unpaired) electrons. The van der Waals surface area contributed by atoms with Gasteiger partial charge in [0.1, 0.15) is 6.04 Å². The van der Waals surface area contributed by atoms with Gasteiger partial charge in [-0.05, 0) is 30.5 Å². The molecule has 4 heteroatoms. The maximum Gasteiger partial charge on any atom is 0.320 e. The van der Waals surface area contributed by atoms with Gasteiger partial charge in [-0.2, -0.15) is 0 Å². The normalized spacial score (nSPS) is 12.4. The highest BCUT2D eigenvalue weighted by molar-refractivity contribution is 9.10. The minimum atomic E-state index is -0.766. The fourth-order valence-electron chi connectivity index (χ4n) is 1.78. The molecule has 0 spiro atoms. The highest BCUT2D eigenvalue weighted by Gasteiger charge is 2.15. The third kappa shape index (κ3) is 4.78. The number of halogens is 1. The molecule has 1 aromatic rings. The van der Waals surface area contributed by atoms with Gasteiger partial charge in [-0.3, -0.25) is 4.79 Å². The quantitative estimate of drug-likeness (QED) is 0.810. The Morgan fingerprint density at radius 3 is 2.78 bits per heavy atom. The van der Waals surface area contributed by atoms with Crippen LogP contribution in [0, 0.1) is 6.92 Å². The topological polar surface area (TPSA) is 49.3 Å². The number of aryl methyl sites for hydroxylation is 1. The van der Waals surface area contributed by atoms with Crippen LogP contribution in [0.3, 0.4) is 0 Å². The van der Waals surface area contributed by atoms with Gasteiger partial charge in [-0.15, -0.1) is 0 Å². The first-order valence-electron chi connectivity index (χ1n) is 6.25. The molecule has 0 unspecified atom stereocenters. The molecule has 0 saturated heterocycles. The number of unbranched alkanes of at least 4 members (excludes halogenated alkanes) is 1. The van der Waals surface area contributed by atoms with Crippen molar-refractivity contribution >= 4 is 21.9 Å². The van der Waals surface area contributed by atoms with Crippen LogP contribution in [0.5, 0.6) is 0 Å². The lowest BCUT2D eigenvalue weighted by Crippen LogP contribution is -2.36. The average molecular weight is 314 g/mol. The van der Waals surface area contributed by atoms with E-state index in [2.05, 4.69) is 34.2 Å². The summed E-state index contributed by atoms with van der Waals surface area (Å²) in [5.41, 5.74) is 2.27. The summed E-state index contributed by atoms with van der Waals surface area (Å²) < 4.78 is 1.08. The predicted molar refractivity (Wildman–Crippen MR) is 76.7 cm³/mol. The van der Waals surface area contributed by atoms with Crippen LogP contribution in [-0.4, -0.2) is 17.1 Å². The van der Waals surface area contributed by atoms with Gasteiger partial charge in [0.05, 0.1) is 0 Å². The summed E-state index contributed by atoms with van der Waals surface area (Å²) >= 11 is 3.45. The van der Waals surface area contributed by atoms with E-state index in [4.69, 9.17) is 5.11 Å². The number of hydrogen-bond acceptors (Lipinski definition) is 2. The third-order valence-corrected chi connectivity index (χ3v) is 3.81. The molecule has 1 atom stereocenters. The van der Waals surface area contributed by atoms with Crippen molar-refractivity contribution in [2.45, 2.75) is 45.7 Å². The SMILES string of the molecule is CCCC[C@H](NCc1ccc(Br)c(C)c1)C(=O)O. The molecule has 0 saturated carbocycles. The molecule has 0 aliphatic carbocycles. The maximum absolute atomic E-state index is 11.1. The molecule has 0 bridgehead atoms. The molecule has 100 valence electrons. The van der Waals surface area contributed by atoms with E-state index in [1.807, 2.05) is 19.1 Å². The van der Waals surface area contributed by atoms with Crippen LogP contribution in [0.1, 0.15) is 37.3 Å². The Hall–Kier alpha value is -0.870. The van der Waals surface area contributed by atoms with Gasteiger partial charge in [-0.25, -0.2) is 0 Å². The predicted octanol–water partition coefficient (Wildman–Crippen LogP) is 3.49. The Balaban J connectivity index is 2.55. The molecule has 0 amide bonds. The highest BCUT2D eigenvalue weighted by Crippen LogP contribution is 2.17. The second-order valence-electron chi connectivity index (χ2n) is 4.50. The van der Waals surface area contributed by atoms with E-state index in [1.54, 1.807) is 0 Å². The Kier molecular flexibility index (Phi) is 6.36. The van der Waals surface area contributed by atoms with Gasteiger partial charge in [-0.1, -0.05) is 47.8 Å². The number of carboxylic acid groups (broad SMARTS) is 1. The van der Waals surface area contributed by atoms with Gasteiger partial charge < -0.3 is 10.4 Å². The lowest BCUT2D eigenvalue weighted by Gasteiger charge is -2.14. The minimum absolute atomic E-state index is 0.450. The van der Waals surface area contributed by atoms with Crippen molar-refractivity contribution in [3.05, 3.63) is 33.8 Å². The molecule has 1 rings (SSSR count). The van der Waals surface area contributed by atoms with Gasteiger partial charge >= 0.3 is 5.97 Å². The minimum Gasteiger partial charge on any atom is -0.480 e. The number of carbonyl (C=O) groups is 1. The zero-order chi connectivity index (χ0) is 13.5. The fraction of sp³-hybridized carbons (Fsp3) is 0.500. The number of rotatable bonds is 7. The first kappa shape index (κ1) is 15.2. The van der Waals surface area contributed by atoms with Crippen LogP contribution in [0.4, 0.5) is 0 Å². The molecular formula is C14H20BrNO2. The first-order valence-corrected chi connectivity index (χ1v) is 7.05. The molecule has 0 aromatic heterocycles. The molecule has 0 heterocycles. The van der Waals surface area contributed by atoms with Crippen LogP contribution in [0.15, 0.2) is 22.7 Å². The number of nitrogens with one attached hydrogen (secondary N) is 1. The Labute approximate surface area is 117 Å². The van der Waals surface area contributed by atoms with Crippen molar-refractivity contribution in [2.24, 2.45) is 0 Å². The van der Waals surface area contributed by atoms with Crippen LogP contribution in [0.2, 0.25) is 0 Å². The zero-order valence-electron chi connectivity index (χ0n) is 10.9. The monoisotopic (exact) mass is 313 g/mol. The standard InChI is InChI=1S/C14H20BrNO2/c1-3-4-5-13(14(17)18)16-9-11-6-7-12(15)10(2)8-11/h6-8,13,16H,3-5,9H2,1-2H3,(H,17,18)/t13-/m0/s1. The lowest BCUT2D eigenvalue weighted by atomic mass is 10.1. The van der Waals surface area contributed by atoms with Gasteiger partial charge in [0.25, 0.3) is 0 Å². The van der Waals surface area contributed by atoms with E-state index >= 15 is 0 Å². The van der Waals surface area contributed by atoms with Gasteiger partial charge in [0.2, 0.25) is 0 Å². The molecule has 0 fully saturated rings. The van der Waals surface area contributed by atoms with E-state index in [1.165, 1.54) is 0 Å². The van der Waals surface area contributed by atoms with Crippen LogP contribution in [-0.2, 0) is 11.3 Å². The number of benzene rings is 1. The van der Waals surface area contributed by atoms with E-state index in [-0.39, 0.29) is 0 Å². The van der Waals surface area contributed by atoms with Crippen molar-refractivity contribution in [2.75, 3.05) is 0 Å². The van der Waals surface area contributed by atoms with E-state index in [9.17, 15) is 4.79 Å². The van der Waals surface area contributed by atoms with E-state index in [0.29, 0.717) is 13.0 Å². The molecule has 1 aromatic carbocycles. The van der Waals surface area contributed by atoms with Gasteiger partial charge in [0, 0.05) is 11.0 Å². The zero-order valence-corrected chi connectivity index (χ0v) is 12.5. The Morgan fingerprint density at radius 1 is 1.50 bits per heavy atom.